The average molecular weight is 334 g/mol. The molecule has 3 saturated carbocycles. The van der Waals surface area contributed by atoms with Crippen LogP contribution in [0.3, 0.4) is 0 Å². The van der Waals surface area contributed by atoms with Crippen molar-refractivity contribution in [3.05, 3.63) is 0 Å². The minimum Gasteiger partial charge on any atom is -0.376 e. The van der Waals surface area contributed by atoms with Crippen molar-refractivity contribution in [2.24, 2.45) is 29.6 Å². The van der Waals surface area contributed by atoms with E-state index in [1.165, 1.54) is 83.6 Å². The van der Waals surface area contributed by atoms with Gasteiger partial charge in [0.2, 0.25) is 0 Å². The van der Waals surface area contributed by atoms with E-state index in [0.717, 1.165) is 42.7 Å². The van der Waals surface area contributed by atoms with Gasteiger partial charge in [0.1, 0.15) is 0 Å². The molecular formula is C22H39NO. The van der Waals surface area contributed by atoms with Crippen LogP contribution in [0.5, 0.6) is 0 Å². The van der Waals surface area contributed by atoms with Crippen LogP contribution in [0, 0.1) is 29.6 Å². The Morgan fingerprint density at radius 3 is 2.21 bits per heavy atom. The Bertz CT molecular complexity index is 391. The number of rotatable bonds is 2. The first-order valence-electron chi connectivity index (χ1n) is 11.1. The van der Waals surface area contributed by atoms with Gasteiger partial charge in [-0.3, -0.25) is 0 Å². The average Bonchev–Trinajstić information content (AvgIpc) is 2.83. The Morgan fingerprint density at radius 1 is 0.708 bits per heavy atom. The lowest BCUT2D eigenvalue weighted by atomic mass is 9.63. The summed E-state index contributed by atoms with van der Waals surface area (Å²) in [5.41, 5.74) is 0. The van der Waals surface area contributed by atoms with E-state index < -0.39 is 0 Å². The molecule has 1 aliphatic heterocycles. The summed E-state index contributed by atoms with van der Waals surface area (Å²) in [5.74, 6) is 4.74. The van der Waals surface area contributed by atoms with Crippen molar-refractivity contribution in [2.45, 2.75) is 83.2 Å². The van der Waals surface area contributed by atoms with Gasteiger partial charge in [0, 0.05) is 19.0 Å². The van der Waals surface area contributed by atoms with E-state index in [4.69, 9.17) is 4.74 Å². The maximum absolute atomic E-state index is 6.57. The normalized spacial score (nSPS) is 43.1. The zero-order valence-electron chi connectivity index (χ0n) is 15.9. The fourth-order valence-electron chi connectivity index (χ4n) is 6.69. The molecule has 5 atom stereocenters. The van der Waals surface area contributed by atoms with E-state index in [1.54, 1.807) is 0 Å². The van der Waals surface area contributed by atoms with Crippen molar-refractivity contribution < 1.29 is 4.74 Å². The molecule has 2 heteroatoms. The second kappa shape index (κ2) is 8.08. The van der Waals surface area contributed by atoms with Crippen molar-refractivity contribution in [3.63, 3.8) is 0 Å². The molecule has 4 rings (SSSR count). The summed E-state index contributed by atoms with van der Waals surface area (Å²) in [6.45, 7) is 3.40. The number of hydrogen-bond donors (Lipinski definition) is 0. The van der Waals surface area contributed by atoms with Gasteiger partial charge in [-0.1, -0.05) is 44.9 Å². The smallest absolute Gasteiger partial charge is 0.0646 e. The van der Waals surface area contributed by atoms with Crippen LogP contribution in [0.15, 0.2) is 0 Å². The molecule has 0 N–H and O–H groups in total. The monoisotopic (exact) mass is 333 g/mol. The molecule has 3 aliphatic carbocycles. The molecule has 0 spiro atoms. The van der Waals surface area contributed by atoms with Crippen LogP contribution in [0.4, 0.5) is 0 Å². The Hall–Kier alpha value is -0.0800. The molecular weight excluding hydrogens is 294 g/mol. The third kappa shape index (κ3) is 3.85. The summed E-state index contributed by atoms with van der Waals surface area (Å²) >= 11 is 0. The van der Waals surface area contributed by atoms with Crippen molar-refractivity contribution in [1.82, 2.24) is 4.90 Å². The van der Waals surface area contributed by atoms with Gasteiger partial charge in [-0.15, -0.1) is 0 Å². The summed E-state index contributed by atoms with van der Waals surface area (Å²) in [5, 5.41) is 0. The predicted octanol–water partition coefficient (Wildman–Crippen LogP) is 5.12. The molecule has 1 heterocycles. The lowest BCUT2D eigenvalue weighted by Gasteiger charge is -2.45. The lowest BCUT2D eigenvalue weighted by molar-refractivity contribution is -0.0509. The first kappa shape index (κ1) is 17.3. The van der Waals surface area contributed by atoms with Crippen LogP contribution >= 0.6 is 0 Å². The number of likely N-dealkylation sites (N-methyl/N-ethyl adjacent to an activating group) is 1. The second-order valence-electron chi connectivity index (χ2n) is 9.54. The molecule has 1 saturated heterocycles. The van der Waals surface area contributed by atoms with E-state index in [0.29, 0.717) is 6.10 Å². The van der Waals surface area contributed by atoms with Gasteiger partial charge in [-0.2, -0.15) is 0 Å². The van der Waals surface area contributed by atoms with Crippen LogP contribution in [0.1, 0.15) is 77.0 Å². The molecule has 24 heavy (non-hydrogen) atoms. The fourth-order valence-corrected chi connectivity index (χ4v) is 6.69. The summed E-state index contributed by atoms with van der Waals surface area (Å²) in [4.78, 5) is 2.57. The van der Waals surface area contributed by atoms with Gasteiger partial charge in [-0.05, 0) is 62.8 Å². The van der Waals surface area contributed by atoms with Gasteiger partial charge in [0.15, 0.2) is 0 Å². The van der Waals surface area contributed by atoms with E-state index in [-0.39, 0.29) is 0 Å². The quantitative estimate of drug-likeness (QED) is 0.695. The summed E-state index contributed by atoms with van der Waals surface area (Å²) in [6.07, 6.45) is 18.4. The zero-order valence-corrected chi connectivity index (χ0v) is 15.9. The van der Waals surface area contributed by atoms with Gasteiger partial charge in [0.05, 0.1) is 12.7 Å². The van der Waals surface area contributed by atoms with E-state index in [9.17, 15) is 0 Å². The number of nitrogens with zero attached hydrogens (tertiary/aromatic N) is 1. The third-order valence-electron chi connectivity index (χ3n) is 8.03. The molecule has 0 aromatic carbocycles. The number of ether oxygens (including phenoxy) is 1. The molecule has 3 unspecified atom stereocenters. The van der Waals surface area contributed by atoms with Crippen molar-refractivity contribution >= 4 is 0 Å². The minimum atomic E-state index is 0.570. The Labute approximate surface area is 149 Å². The Morgan fingerprint density at radius 2 is 1.38 bits per heavy atom. The first-order valence-corrected chi connectivity index (χ1v) is 11.1. The highest BCUT2D eigenvalue weighted by Crippen LogP contribution is 2.47. The number of hydrogen-bond acceptors (Lipinski definition) is 2. The number of fused-ring (bicyclic) bond motifs is 1. The summed E-state index contributed by atoms with van der Waals surface area (Å²) < 4.78 is 6.57. The molecule has 0 aromatic heterocycles. The van der Waals surface area contributed by atoms with E-state index in [1.807, 2.05) is 0 Å². The van der Waals surface area contributed by atoms with Crippen LogP contribution in [-0.4, -0.2) is 37.7 Å². The predicted molar refractivity (Wildman–Crippen MR) is 100 cm³/mol. The van der Waals surface area contributed by atoms with Crippen molar-refractivity contribution in [2.75, 3.05) is 26.7 Å². The van der Waals surface area contributed by atoms with Gasteiger partial charge in [0.25, 0.3) is 0 Å². The zero-order chi connectivity index (χ0) is 16.4. The SMILES string of the molecule is CN1CCO[C@H](C2CCCCC2)[C@@H](C2CCC3CCCCC3C2)C1. The molecule has 0 bridgehead atoms. The second-order valence-corrected chi connectivity index (χ2v) is 9.54. The largest absolute Gasteiger partial charge is 0.376 e. The van der Waals surface area contributed by atoms with Crippen LogP contribution in [-0.2, 0) is 4.74 Å². The summed E-state index contributed by atoms with van der Waals surface area (Å²) in [6, 6.07) is 0. The highest BCUT2D eigenvalue weighted by Gasteiger charge is 2.42. The molecule has 2 nitrogen and oxygen atoms in total. The molecule has 0 aromatic rings. The summed E-state index contributed by atoms with van der Waals surface area (Å²) in [7, 11) is 2.33. The molecule has 4 fully saturated rings. The third-order valence-corrected chi connectivity index (χ3v) is 8.03. The minimum absolute atomic E-state index is 0.570. The molecule has 0 amide bonds. The van der Waals surface area contributed by atoms with Gasteiger partial charge in [-0.25, -0.2) is 0 Å². The Kier molecular flexibility index (Phi) is 5.84. The fraction of sp³-hybridized carbons (Fsp3) is 1.00. The topological polar surface area (TPSA) is 12.5 Å². The van der Waals surface area contributed by atoms with Crippen LogP contribution < -0.4 is 0 Å². The van der Waals surface area contributed by atoms with Gasteiger partial charge >= 0.3 is 0 Å². The maximum Gasteiger partial charge on any atom is 0.0646 e. The maximum atomic E-state index is 6.57. The molecule has 138 valence electrons. The van der Waals surface area contributed by atoms with Gasteiger partial charge < -0.3 is 9.64 Å². The highest BCUT2D eigenvalue weighted by atomic mass is 16.5. The van der Waals surface area contributed by atoms with Crippen LogP contribution in [0.25, 0.3) is 0 Å². The standard InChI is InChI=1S/C22H39NO/c1-23-13-14-24-22(18-8-3-2-4-9-18)21(16-23)20-12-11-17-7-5-6-10-19(17)15-20/h17-22H,2-16H2,1H3/t17?,19?,20?,21-,22-/m1/s1. The van der Waals surface area contributed by atoms with E-state index >= 15 is 0 Å². The lowest BCUT2D eigenvalue weighted by Crippen LogP contribution is -2.43. The van der Waals surface area contributed by atoms with Crippen molar-refractivity contribution in [3.8, 4) is 0 Å². The molecule has 4 aliphatic rings. The Balaban J connectivity index is 1.47. The highest BCUT2D eigenvalue weighted by molar-refractivity contribution is 4.92. The van der Waals surface area contributed by atoms with Crippen molar-refractivity contribution in [1.29, 1.82) is 0 Å². The van der Waals surface area contributed by atoms with E-state index in [2.05, 4.69) is 11.9 Å². The van der Waals surface area contributed by atoms with Crippen LogP contribution in [0.2, 0.25) is 0 Å². The first-order chi connectivity index (χ1) is 11.8. The molecule has 0 radical (unpaired) electrons.